The number of carbonyl (C=O) groups excluding carboxylic acids is 1. The van der Waals surface area contributed by atoms with Gasteiger partial charge in [-0.15, -0.1) is 0 Å². The van der Waals surface area contributed by atoms with Gasteiger partial charge < -0.3 is 5.32 Å². The second-order valence-electron chi connectivity index (χ2n) is 4.93. The molecule has 1 N–H and O–H groups in total. The number of amides is 1. The maximum atomic E-state index is 11.9. The van der Waals surface area contributed by atoms with E-state index >= 15 is 0 Å². The molecule has 0 radical (unpaired) electrons. The summed E-state index contributed by atoms with van der Waals surface area (Å²) in [6.07, 6.45) is 3.98. The predicted octanol–water partition coefficient (Wildman–Crippen LogP) is 3.07. The van der Waals surface area contributed by atoms with E-state index in [9.17, 15) is 13.2 Å². The monoisotopic (exact) mass is 366 g/mol. The van der Waals surface area contributed by atoms with Gasteiger partial charge in [0.25, 0.3) is 0 Å². The lowest BCUT2D eigenvalue weighted by atomic mass is 10.2. The van der Waals surface area contributed by atoms with Crippen LogP contribution in [-0.4, -0.2) is 33.7 Å². The van der Waals surface area contributed by atoms with Gasteiger partial charge in [0, 0.05) is 6.54 Å². The summed E-state index contributed by atoms with van der Waals surface area (Å²) in [5.41, 5.74) is 0.306. The number of sulfonamides is 1. The third-order valence-corrected chi connectivity index (χ3v) is 4.86. The number of rotatable bonds is 8. The summed E-state index contributed by atoms with van der Waals surface area (Å²) in [7, 11) is -3.61. The maximum absolute atomic E-state index is 11.9. The zero-order valence-corrected chi connectivity index (χ0v) is 14.9. The lowest BCUT2D eigenvalue weighted by Gasteiger charge is -2.22. The standard InChI is InChI=1S/C14H20Cl2N2O3S/c1-3-4-5-8-17-14(19)10-18(22(2,20)21)11-6-7-12(15)13(16)9-11/h6-7,9H,3-5,8,10H2,1-2H3,(H,17,19). The van der Waals surface area contributed by atoms with Gasteiger partial charge in [-0.3, -0.25) is 9.10 Å². The molecule has 8 heteroatoms. The molecule has 0 saturated heterocycles. The second-order valence-corrected chi connectivity index (χ2v) is 7.65. The molecule has 0 bridgehead atoms. The van der Waals surface area contributed by atoms with Gasteiger partial charge in [0.2, 0.25) is 15.9 Å². The number of anilines is 1. The van der Waals surface area contributed by atoms with Crippen LogP contribution in [0.3, 0.4) is 0 Å². The van der Waals surface area contributed by atoms with Crippen LogP contribution in [0, 0.1) is 0 Å². The lowest BCUT2D eigenvalue weighted by Crippen LogP contribution is -2.40. The highest BCUT2D eigenvalue weighted by Gasteiger charge is 2.21. The molecule has 5 nitrogen and oxygen atoms in total. The van der Waals surface area contributed by atoms with Crippen LogP contribution in [0.1, 0.15) is 26.2 Å². The fourth-order valence-electron chi connectivity index (χ4n) is 1.83. The summed E-state index contributed by atoms with van der Waals surface area (Å²) in [5, 5.41) is 3.27. The molecule has 1 aromatic carbocycles. The summed E-state index contributed by atoms with van der Waals surface area (Å²) in [6.45, 7) is 2.31. The Morgan fingerprint density at radius 1 is 1.23 bits per heavy atom. The van der Waals surface area contributed by atoms with E-state index in [-0.39, 0.29) is 17.5 Å². The Bertz CT molecular complexity index is 621. The minimum atomic E-state index is -3.61. The van der Waals surface area contributed by atoms with Crippen molar-refractivity contribution in [1.82, 2.24) is 5.32 Å². The maximum Gasteiger partial charge on any atom is 0.240 e. The molecule has 0 aromatic heterocycles. The SMILES string of the molecule is CCCCCNC(=O)CN(c1ccc(Cl)c(Cl)c1)S(C)(=O)=O. The second kappa shape index (κ2) is 8.60. The van der Waals surface area contributed by atoms with Crippen LogP contribution in [0.25, 0.3) is 0 Å². The summed E-state index contributed by atoms with van der Waals surface area (Å²) in [5.74, 6) is -0.354. The molecule has 22 heavy (non-hydrogen) atoms. The number of unbranched alkanes of at least 4 members (excludes halogenated alkanes) is 2. The van der Waals surface area contributed by atoms with Gasteiger partial charge in [0.15, 0.2) is 0 Å². The highest BCUT2D eigenvalue weighted by molar-refractivity contribution is 7.92. The number of carbonyl (C=O) groups is 1. The smallest absolute Gasteiger partial charge is 0.240 e. The lowest BCUT2D eigenvalue weighted by molar-refractivity contribution is -0.119. The highest BCUT2D eigenvalue weighted by Crippen LogP contribution is 2.28. The summed E-state index contributed by atoms with van der Waals surface area (Å²) < 4.78 is 24.8. The van der Waals surface area contributed by atoms with Crippen molar-refractivity contribution < 1.29 is 13.2 Å². The predicted molar refractivity (Wildman–Crippen MR) is 91.2 cm³/mol. The van der Waals surface area contributed by atoms with E-state index in [1.807, 2.05) is 0 Å². The van der Waals surface area contributed by atoms with Gasteiger partial charge in [-0.25, -0.2) is 8.42 Å². The molecule has 124 valence electrons. The molecule has 0 aliphatic rings. The Labute approximate surface area is 141 Å². The topological polar surface area (TPSA) is 66.5 Å². The van der Waals surface area contributed by atoms with Crippen LogP contribution in [-0.2, 0) is 14.8 Å². The number of hydrogen-bond acceptors (Lipinski definition) is 3. The number of hydrogen-bond donors (Lipinski definition) is 1. The van der Waals surface area contributed by atoms with Crippen LogP contribution in [0.4, 0.5) is 5.69 Å². The average molecular weight is 367 g/mol. The van der Waals surface area contributed by atoms with E-state index in [2.05, 4.69) is 12.2 Å². The number of nitrogens with zero attached hydrogens (tertiary/aromatic N) is 1. The first-order valence-corrected chi connectivity index (χ1v) is 9.55. The molecule has 0 heterocycles. The molecule has 0 aliphatic carbocycles. The Morgan fingerprint density at radius 2 is 1.91 bits per heavy atom. The van der Waals surface area contributed by atoms with Gasteiger partial charge in [0.05, 0.1) is 22.0 Å². The van der Waals surface area contributed by atoms with Crippen molar-refractivity contribution in [2.24, 2.45) is 0 Å². The van der Waals surface area contributed by atoms with E-state index < -0.39 is 10.0 Å². The normalized spacial score (nSPS) is 11.3. The highest BCUT2D eigenvalue weighted by atomic mass is 35.5. The Balaban J connectivity index is 2.82. The van der Waals surface area contributed by atoms with Crippen LogP contribution >= 0.6 is 23.2 Å². The van der Waals surface area contributed by atoms with Crippen LogP contribution in [0.2, 0.25) is 10.0 Å². The van der Waals surface area contributed by atoms with Crippen molar-refractivity contribution in [3.8, 4) is 0 Å². The van der Waals surface area contributed by atoms with Gasteiger partial charge in [0.1, 0.15) is 6.54 Å². The molecule has 1 aromatic rings. The molecule has 0 unspecified atom stereocenters. The van der Waals surface area contributed by atoms with Crippen molar-refractivity contribution in [3.63, 3.8) is 0 Å². The molecule has 0 fully saturated rings. The van der Waals surface area contributed by atoms with E-state index in [4.69, 9.17) is 23.2 Å². The van der Waals surface area contributed by atoms with Gasteiger partial charge in [-0.1, -0.05) is 43.0 Å². The third kappa shape index (κ3) is 6.02. The van der Waals surface area contributed by atoms with Crippen molar-refractivity contribution in [1.29, 1.82) is 0 Å². The van der Waals surface area contributed by atoms with E-state index in [0.717, 1.165) is 29.8 Å². The van der Waals surface area contributed by atoms with Crippen molar-refractivity contribution in [2.45, 2.75) is 26.2 Å². The molecule has 1 rings (SSSR count). The van der Waals surface area contributed by atoms with Crippen LogP contribution < -0.4 is 9.62 Å². The molecule has 0 atom stereocenters. The Kier molecular flexibility index (Phi) is 7.45. The van der Waals surface area contributed by atoms with E-state index in [1.54, 1.807) is 0 Å². The molecule has 0 aliphatic heterocycles. The average Bonchev–Trinajstić information content (AvgIpc) is 2.43. The number of nitrogens with one attached hydrogen (secondary N) is 1. The number of halogens is 2. The molecule has 0 spiro atoms. The van der Waals surface area contributed by atoms with Crippen molar-refractivity contribution >= 4 is 44.8 Å². The molecular formula is C14H20Cl2N2O3S. The minimum absolute atomic E-state index is 0.233. The fourth-order valence-corrected chi connectivity index (χ4v) is 2.97. The summed E-state index contributed by atoms with van der Waals surface area (Å²) in [6, 6.07) is 4.44. The minimum Gasteiger partial charge on any atom is -0.355 e. The summed E-state index contributed by atoms with van der Waals surface area (Å²) in [4.78, 5) is 11.9. The van der Waals surface area contributed by atoms with Gasteiger partial charge in [-0.2, -0.15) is 0 Å². The summed E-state index contributed by atoms with van der Waals surface area (Å²) >= 11 is 11.7. The first-order chi connectivity index (χ1) is 10.3. The first-order valence-electron chi connectivity index (χ1n) is 6.95. The molecular weight excluding hydrogens is 347 g/mol. The van der Waals surface area contributed by atoms with Crippen LogP contribution in [0.15, 0.2) is 18.2 Å². The molecule has 0 saturated carbocycles. The van der Waals surface area contributed by atoms with Crippen LogP contribution in [0.5, 0.6) is 0 Å². The Hall–Kier alpha value is -0.980. The zero-order chi connectivity index (χ0) is 16.8. The van der Waals surface area contributed by atoms with E-state index in [0.29, 0.717) is 17.3 Å². The third-order valence-electron chi connectivity index (χ3n) is 2.98. The van der Waals surface area contributed by atoms with Gasteiger partial charge >= 0.3 is 0 Å². The van der Waals surface area contributed by atoms with Gasteiger partial charge in [-0.05, 0) is 24.6 Å². The van der Waals surface area contributed by atoms with E-state index in [1.165, 1.54) is 18.2 Å². The Morgan fingerprint density at radius 3 is 2.45 bits per heavy atom. The zero-order valence-electron chi connectivity index (χ0n) is 12.6. The molecule has 1 amide bonds. The van der Waals surface area contributed by atoms with Crippen molar-refractivity contribution in [3.05, 3.63) is 28.2 Å². The number of benzene rings is 1. The van der Waals surface area contributed by atoms with Crippen molar-refractivity contribution in [2.75, 3.05) is 23.7 Å². The largest absolute Gasteiger partial charge is 0.355 e. The fraction of sp³-hybridized carbons (Fsp3) is 0.500. The quantitative estimate of drug-likeness (QED) is 0.718. The first kappa shape index (κ1) is 19.1.